The molecule has 0 aromatic rings. The van der Waals surface area contributed by atoms with Crippen molar-refractivity contribution in [3.05, 3.63) is 23.3 Å². The van der Waals surface area contributed by atoms with E-state index >= 15 is 0 Å². The summed E-state index contributed by atoms with van der Waals surface area (Å²) in [7, 11) is -1.80. The van der Waals surface area contributed by atoms with Crippen LogP contribution in [0.3, 0.4) is 0 Å². The third kappa shape index (κ3) is 2.15. The monoisotopic (exact) mass is 430 g/mol. The van der Waals surface area contributed by atoms with Gasteiger partial charge in [0.1, 0.15) is 11.7 Å². The number of carbonyl (C=O) groups is 1. The van der Waals surface area contributed by atoms with Crippen LogP contribution >= 0.6 is 0 Å². The number of hydrogen-bond donors (Lipinski definition) is 0. The largest absolute Gasteiger partial charge is 0.411 e. The molecule has 0 radical (unpaired) electrons. The van der Waals surface area contributed by atoms with Crippen LogP contribution < -0.4 is 0 Å². The molecule has 2 heterocycles. The second-order valence-electron chi connectivity index (χ2n) is 11.8. The van der Waals surface area contributed by atoms with E-state index in [0.29, 0.717) is 19.1 Å². The Hall–Kier alpha value is -0.793. The molecule has 2 aliphatic heterocycles. The quantitative estimate of drug-likeness (QED) is 0.490. The number of epoxide rings is 1. The Kier molecular flexibility index (Phi) is 3.69. The number of rotatable bonds is 2. The van der Waals surface area contributed by atoms with Crippen molar-refractivity contribution in [1.29, 1.82) is 0 Å². The Morgan fingerprint density at radius 1 is 1.17 bits per heavy atom. The molecule has 0 N–H and O–H groups in total. The van der Waals surface area contributed by atoms with Crippen molar-refractivity contribution in [3.63, 3.8) is 0 Å². The van der Waals surface area contributed by atoms with E-state index in [-0.39, 0.29) is 40.3 Å². The van der Waals surface area contributed by atoms with Crippen LogP contribution in [0.1, 0.15) is 40.0 Å². The van der Waals surface area contributed by atoms with E-state index < -0.39 is 14.1 Å². The summed E-state index contributed by atoms with van der Waals surface area (Å²) < 4.78 is 26.3. The zero-order chi connectivity index (χ0) is 21.3. The smallest absolute Gasteiger partial charge is 0.184 e. The van der Waals surface area contributed by atoms with E-state index in [1.165, 1.54) is 5.57 Å². The number of carbonyl (C=O) groups excluding carboxylic acids is 1. The lowest BCUT2D eigenvalue weighted by atomic mass is 9.50. The van der Waals surface area contributed by atoms with Crippen molar-refractivity contribution in [3.8, 4) is 0 Å². The van der Waals surface area contributed by atoms with E-state index in [1.807, 2.05) is 6.92 Å². The molecule has 4 aliphatic carbocycles. The lowest BCUT2D eigenvalue weighted by Gasteiger charge is -2.55. The minimum atomic E-state index is -1.80. The van der Waals surface area contributed by atoms with E-state index in [4.69, 9.17) is 18.6 Å². The van der Waals surface area contributed by atoms with Gasteiger partial charge in [0.05, 0.1) is 25.2 Å². The summed E-state index contributed by atoms with van der Waals surface area (Å²) in [6.07, 6.45) is 6.98. The summed E-state index contributed by atoms with van der Waals surface area (Å²) in [6.45, 7) is 14.7. The molecule has 0 aromatic carbocycles. The van der Waals surface area contributed by atoms with Gasteiger partial charge in [-0.25, -0.2) is 0 Å². The maximum Gasteiger partial charge on any atom is 0.184 e. The summed E-state index contributed by atoms with van der Waals surface area (Å²) in [5.41, 5.74) is 1.80. The number of fused-ring (bicyclic) bond motifs is 5. The van der Waals surface area contributed by atoms with Gasteiger partial charge < -0.3 is 18.6 Å². The standard InChI is InChI=1S/C24H34O5Si/c1-14-15-7-10-23-17(21(15,2)9-8-16(14)25)13-24(26-11-12-27-24)20(23)22(3)18(28-22)19(23)29-30(4,5)6/h8-9,17-20H,7,10-13H2,1-6H3/t17-,18-,19-,20+,21+,22-,23?/m0/s1. The lowest BCUT2D eigenvalue weighted by Crippen LogP contribution is -2.56. The van der Waals surface area contributed by atoms with Gasteiger partial charge in [-0.1, -0.05) is 18.6 Å². The topological polar surface area (TPSA) is 57.3 Å². The van der Waals surface area contributed by atoms with Crippen molar-refractivity contribution in [1.82, 2.24) is 0 Å². The predicted octanol–water partition coefficient (Wildman–Crippen LogP) is 4.00. The normalized spacial score (nSPS) is 50.5. The molecule has 5 fully saturated rings. The van der Waals surface area contributed by atoms with Gasteiger partial charge in [0, 0.05) is 17.3 Å². The number of allylic oxidation sites excluding steroid dienone is 4. The lowest BCUT2D eigenvalue weighted by molar-refractivity contribution is -0.214. The molecule has 0 amide bonds. The zero-order valence-electron chi connectivity index (χ0n) is 19.0. The molecule has 5 nitrogen and oxygen atoms in total. The Labute approximate surface area is 180 Å². The fourth-order valence-electron chi connectivity index (χ4n) is 8.34. The Bertz CT molecular complexity index is 896. The molecule has 0 bridgehead atoms. The summed E-state index contributed by atoms with van der Waals surface area (Å²) in [5.74, 6) is 0.0511. The number of hydrogen-bond acceptors (Lipinski definition) is 5. The molecule has 7 atom stereocenters. The fraction of sp³-hybridized carbons (Fsp3) is 0.792. The van der Waals surface area contributed by atoms with Crippen LogP contribution in [0.15, 0.2) is 23.3 Å². The summed E-state index contributed by atoms with van der Waals surface area (Å²) in [5, 5.41) is 0. The van der Waals surface area contributed by atoms with Crippen molar-refractivity contribution in [2.24, 2.45) is 22.7 Å². The summed E-state index contributed by atoms with van der Waals surface area (Å²) in [4.78, 5) is 12.5. The first-order valence-electron chi connectivity index (χ1n) is 11.6. The van der Waals surface area contributed by atoms with Crippen LogP contribution in [-0.2, 0) is 23.4 Å². The molecule has 2 spiro atoms. The van der Waals surface area contributed by atoms with Crippen molar-refractivity contribution < 1.29 is 23.4 Å². The molecule has 2 saturated heterocycles. The summed E-state index contributed by atoms with van der Waals surface area (Å²) in [6, 6.07) is 0. The predicted molar refractivity (Wildman–Crippen MR) is 114 cm³/mol. The maximum atomic E-state index is 12.5. The van der Waals surface area contributed by atoms with E-state index in [0.717, 1.165) is 24.8 Å². The number of ether oxygens (including phenoxy) is 3. The second kappa shape index (κ2) is 5.57. The SMILES string of the molecule is CC1=C2CCC34[C@@H](CC5(OCCO5)[C@@H]3[C@@]3(C)O[C@H]3[C@@H]4O[Si](C)(C)C)[C@]2(C)C=CC1=O. The minimum Gasteiger partial charge on any atom is -0.411 e. The zero-order valence-corrected chi connectivity index (χ0v) is 20.0. The first-order chi connectivity index (χ1) is 14.0. The number of ketones is 1. The maximum absolute atomic E-state index is 12.5. The Balaban J connectivity index is 1.55. The summed E-state index contributed by atoms with van der Waals surface area (Å²) >= 11 is 0. The molecule has 30 heavy (non-hydrogen) atoms. The van der Waals surface area contributed by atoms with Crippen molar-refractivity contribution in [2.75, 3.05) is 13.2 Å². The highest BCUT2D eigenvalue weighted by Gasteiger charge is 2.88. The molecule has 6 heteroatoms. The highest BCUT2D eigenvalue weighted by molar-refractivity contribution is 6.69. The highest BCUT2D eigenvalue weighted by Crippen LogP contribution is 2.80. The average Bonchev–Trinajstić information content (AvgIpc) is 2.97. The third-order valence-corrected chi connectivity index (χ3v) is 10.2. The van der Waals surface area contributed by atoms with E-state index in [9.17, 15) is 4.79 Å². The van der Waals surface area contributed by atoms with Gasteiger partial charge in [-0.05, 0) is 63.9 Å². The van der Waals surface area contributed by atoms with Gasteiger partial charge >= 0.3 is 0 Å². The van der Waals surface area contributed by atoms with Crippen LogP contribution in [0.25, 0.3) is 0 Å². The molecule has 0 aromatic heterocycles. The van der Waals surface area contributed by atoms with Gasteiger partial charge in [-0.2, -0.15) is 0 Å². The van der Waals surface area contributed by atoms with Gasteiger partial charge in [0.2, 0.25) is 0 Å². The van der Waals surface area contributed by atoms with E-state index in [2.05, 4.69) is 39.6 Å². The first-order valence-corrected chi connectivity index (χ1v) is 15.0. The van der Waals surface area contributed by atoms with Crippen LogP contribution in [0, 0.1) is 22.7 Å². The molecule has 6 aliphatic rings. The van der Waals surface area contributed by atoms with Gasteiger partial charge in [0.25, 0.3) is 0 Å². The van der Waals surface area contributed by atoms with Gasteiger partial charge in [-0.15, -0.1) is 0 Å². The van der Waals surface area contributed by atoms with Crippen molar-refractivity contribution >= 4 is 14.1 Å². The van der Waals surface area contributed by atoms with Crippen molar-refractivity contribution in [2.45, 2.75) is 83.3 Å². The van der Waals surface area contributed by atoms with Gasteiger partial charge in [-0.3, -0.25) is 4.79 Å². The van der Waals surface area contributed by atoms with Crippen LogP contribution in [-0.4, -0.2) is 50.9 Å². The Morgan fingerprint density at radius 2 is 1.87 bits per heavy atom. The average molecular weight is 431 g/mol. The van der Waals surface area contributed by atoms with Crippen LogP contribution in [0.2, 0.25) is 19.6 Å². The second-order valence-corrected chi connectivity index (χ2v) is 16.2. The van der Waals surface area contributed by atoms with Gasteiger partial charge in [0.15, 0.2) is 19.9 Å². The van der Waals surface area contributed by atoms with Crippen LogP contribution in [0.5, 0.6) is 0 Å². The molecule has 3 saturated carbocycles. The van der Waals surface area contributed by atoms with E-state index in [1.54, 1.807) is 6.08 Å². The molecular formula is C24H34O5Si. The molecule has 164 valence electrons. The fourth-order valence-corrected chi connectivity index (χ4v) is 9.45. The molecular weight excluding hydrogens is 396 g/mol. The molecule has 1 unspecified atom stereocenters. The third-order valence-electron chi connectivity index (χ3n) is 9.22. The minimum absolute atomic E-state index is 0.0501. The highest BCUT2D eigenvalue weighted by atomic mass is 28.4. The van der Waals surface area contributed by atoms with Crippen LogP contribution in [0.4, 0.5) is 0 Å². The Morgan fingerprint density at radius 3 is 2.53 bits per heavy atom. The first kappa shape index (κ1) is 19.9. The molecule has 6 rings (SSSR count).